The molecule has 0 aliphatic rings. The summed E-state index contributed by atoms with van der Waals surface area (Å²) >= 11 is 3.28. The number of hydrogen-bond acceptors (Lipinski definition) is 3. The molecule has 0 N–H and O–H groups in total. The zero-order valence-electron chi connectivity index (χ0n) is 11.2. The van der Waals surface area contributed by atoms with Crippen molar-refractivity contribution in [3.8, 4) is 0 Å². The number of hydrogen-bond donors (Lipinski definition) is 0. The van der Waals surface area contributed by atoms with Gasteiger partial charge in [-0.1, -0.05) is 0 Å². The Hall–Kier alpha value is -0.940. The molecule has 0 saturated carbocycles. The summed E-state index contributed by atoms with van der Waals surface area (Å²) in [6.07, 6.45) is 2.63. The Morgan fingerprint density at radius 1 is 1.39 bits per heavy atom. The van der Waals surface area contributed by atoms with Crippen LogP contribution in [0.15, 0.2) is 22.9 Å². The zero-order valence-corrected chi connectivity index (χ0v) is 12.8. The number of rotatable bonds is 6. The molecule has 0 atom stereocenters. The second kappa shape index (κ2) is 7.48. The van der Waals surface area contributed by atoms with Gasteiger partial charge in [0.1, 0.15) is 4.60 Å². The Balaban J connectivity index is 2.62. The molecule has 1 amide bonds. The third-order valence-corrected chi connectivity index (χ3v) is 3.11. The molecule has 4 nitrogen and oxygen atoms in total. The summed E-state index contributed by atoms with van der Waals surface area (Å²) in [6, 6.07) is 3.51. The summed E-state index contributed by atoms with van der Waals surface area (Å²) in [6.45, 7) is 4.51. The van der Waals surface area contributed by atoms with Crippen LogP contribution in [0, 0.1) is 0 Å². The molecule has 5 heteroatoms. The minimum atomic E-state index is 0.0688. The van der Waals surface area contributed by atoms with Gasteiger partial charge in [-0.2, -0.15) is 0 Å². The van der Waals surface area contributed by atoms with Gasteiger partial charge in [-0.25, -0.2) is 4.98 Å². The van der Waals surface area contributed by atoms with E-state index in [0.717, 1.165) is 26.1 Å². The number of carbonyl (C=O) groups excluding carboxylic acids is 1. The van der Waals surface area contributed by atoms with E-state index in [2.05, 4.69) is 25.8 Å². The van der Waals surface area contributed by atoms with Crippen molar-refractivity contribution in [2.24, 2.45) is 0 Å². The van der Waals surface area contributed by atoms with Crippen LogP contribution in [0.5, 0.6) is 0 Å². The largest absolute Gasteiger partial charge is 0.339 e. The Bertz CT molecular complexity index is 396. The molecule has 0 bridgehead atoms. The fourth-order valence-corrected chi connectivity index (χ4v) is 2.06. The standard InChI is InChI=1S/C13H20BrN3O/c1-4-17(9-5-8-16(2)3)13(18)11-6-7-15-12(14)10-11/h6-7,10H,4-5,8-9H2,1-3H3. The number of amides is 1. The summed E-state index contributed by atoms with van der Waals surface area (Å²) in [5, 5.41) is 0. The smallest absolute Gasteiger partial charge is 0.253 e. The van der Waals surface area contributed by atoms with Gasteiger partial charge in [-0.05, 0) is 62.0 Å². The van der Waals surface area contributed by atoms with E-state index in [1.165, 1.54) is 0 Å². The van der Waals surface area contributed by atoms with Crippen LogP contribution in [0.2, 0.25) is 0 Å². The van der Waals surface area contributed by atoms with Crippen LogP contribution in [0.25, 0.3) is 0 Å². The van der Waals surface area contributed by atoms with Crippen molar-refractivity contribution in [1.29, 1.82) is 0 Å². The Labute approximate surface area is 117 Å². The van der Waals surface area contributed by atoms with Crippen LogP contribution >= 0.6 is 15.9 Å². The first kappa shape index (κ1) is 15.1. The minimum absolute atomic E-state index is 0.0688. The van der Waals surface area contributed by atoms with Crippen molar-refractivity contribution in [2.75, 3.05) is 33.7 Å². The number of aromatic nitrogens is 1. The predicted octanol–water partition coefficient (Wildman–Crippen LogP) is 2.26. The highest BCUT2D eigenvalue weighted by Crippen LogP contribution is 2.11. The van der Waals surface area contributed by atoms with E-state index in [0.29, 0.717) is 10.2 Å². The van der Waals surface area contributed by atoms with Crippen LogP contribution in [-0.4, -0.2) is 54.4 Å². The molecule has 0 saturated heterocycles. The molecule has 0 fully saturated rings. The summed E-state index contributed by atoms with van der Waals surface area (Å²) < 4.78 is 0.692. The average Bonchev–Trinajstić information content (AvgIpc) is 2.33. The van der Waals surface area contributed by atoms with E-state index in [1.54, 1.807) is 18.3 Å². The molecule has 1 aromatic heterocycles. The number of pyridine rings is 1. The molecule has 0 radical (unpaired) electrons. The van der Waals surface area contributed by atoms with Crippen LogP contribution < -0.4 is 0 Å². The van der Waals surface area contributed by atoms with Crippen molar-refractivity contribution in [3.63, 3.8) is 0 Å². The molecular weight excluding hydrogens is 294 g/mol. The molecule has 0 spiro atoms. The van der Waals surface area contributed by atoms with E-state index in [9.17, 15) is 4.79 Å². The van der Waals surface area contributed by atoms with Gasteiger partial charge in [0.2, 0.25) is 0 Å². The lowest BCUT2D eigenvalue weighted by molar-refractivity contribution is 0.0759. The highest BCUT2D eigenvalue weighted by Gasteiger charge is 2.14. The number of nitrogens with zero attached hydrogens (tertiary/aromatic N) is 3. The van der Waals surface area contributed by atoms with Crippen molar-refractivity contribution < 1.29 is 4.79 Å². The van der Waals surface area contributed by atoms with Crippen LogP contribution in [0.4, 0.5) is 0 Å². The Kier molecular flexibility index (Phi) is 6.29. The maximum absolute atomic E-state index is 12.3. The molecule has 18 heavy (non-hydrogen) atoms. The van der Waals surface area contributed by atoms with Crippen LogP contribution in [0.3, 0.4) is 0 Å². The SMILES string of the molecule is CCN(CCCN(C)C)C(=O)c1ccnc(Br)c1. The lowest BCUT2D eigenvalue weighted by Crippen LogP contribution is -2.33. The molecule has 1 heterocycles. The molecule has 0 aliphatic carbocycles. The van der Waals surface area contributed by atoms with Gasteiger partial charge >= 0.3 is 0 Å². The van der Waals surface area contributed by atoms with Gasteiger partial charge in [0.05, 0.1) is 0 Å². The molecule has 0 unspecified atom stereocenters. The molecule has 100 valence electrons. The van der Waals surface area contributed by atoms with E-state index in [-0.39, 0.29) is 5.91 Å². The minimum Gasteiger partial charge on any atom is -0.339 e. The lowest BCUT2D eigenvalue weighted by atomic mass is 10.2. The number of halogens is 1. The highest BCUT2D eigenvalue weighted by molar-refractivity contribution is 9.10. The van der Waals surface area contributed by atoms with Gasteiger partial charge in [-0.3, -0.25) is 4.79 Å². The zero-order chi connectivity index (χ0) is 13.5. The van der Waals surface area contributed by atoms with E-state index < -0.39 is 0 Å². The molecule has 0 aromatic carbocycles. The van der Waals surface area contributed by atoms with Gasteiger partial charge in [0.15, 0.2) is 0 Å². The maximum atomic E-state index is 12.3. The Morgan fingerprint density at radius 3 is 2.67 bits per heavy atom. The fourth-order valence-electron chi connectivity index (χ4n) is 1.70. The molecule has 1 rings (SSSR count). The normalized spacial score (nSPS) is 10.7. The maximum Gasteiger partial charge on any atom is 0.253 e. The molecule has 1 aromatic rings. The number of carbonyl (C=O) groups is 1. The monoisotopic (exact) mass is 313 g/mol. The summed E-state index contributed by atoms with van der Waals surface area (Å²) in [5.74, 6) is 0.0688. The van der Waals surface area contributed by atoms with E-state index in [4.69, 9.17) is 0 Å². The highest BCUT2D eigenvalue weighted by atomic mass is 79.9. The third kappa shape index (κ3) is 4.74. The van der Waals surface area contributed by atoms with Crippen molar-refractivity contribution in [3.05, 3.63) is 28.5 Å². The lowest BCUT2D eigenvalue weighted by Gasteiger charge is -2.22. The predicted molar refractivity (Wildman–Crippen MR) is 76.7 cm³/mol. The van der Waals surface area contributed by atoms with E-state index >= 15 is 0 Å². The van der Waals surface area contributed by atoms with Gasteiger partial charge in [0, 0.05) is 24.8 Å². The fraction of sp³-hybridized carbons (Fsp3) is 0.538. The quantitative estimate of drug-likeness (QED) is 0.756. The first-order valence-electron chi connectivity index (χ1n) is 6.10. The van der Waals surface area contributed by atoms with Crippen LogP contribution in [-0.2, 0) is 0 Å². The van der Waals surface area contributed by atoms with Crippen molar-refractivity contribution in [1.82, 2.24) is 14.8 Å². The second-order valence-electron chi connectivity index (χ2n) is 4.41. The van der Waals surface area contributed by atoms with Crippen LogP contribution in [0.1, 0.15) is 23.7 Å². The topological polar surface area (TPSA) is 36.4 Å². The first-order chi connectivity index (χ1) is 8.54. The molecule has 0 aliphatic heterocycles. The second-order valence-corrected chi connectivity index (χ2v) is 5.22. The summed E-state index contributed by atoms with van der Waals surface area (Å²) in [7, 11) is 4.08. The average molecular weight is 314 g/mol. The van der Waals surface area contributed by atoms with Gasteiger partial charge in [0.25, 0.3) is 5.91 Å². The summed E-state index contributed by atoms with van der Waals surface area (Å²) in [5.41, 5.74) is 0.684. The van der Waals surface area contributed by atoms with Gasteiger partial charge < -0.3 is 9.80 Å². The third-order valence-electron chi connectivity index (χ3n) is 2.68. The Morgan fingerprint density at radius 2 is 2.11 bits per heavy atom. The molecular formula is C13H20BrN3O. The van der Waals surface area contributed by atoms with Crippen molar-refractivity contribution >= 4 is 21.8 Å². The first-order valence-corrected chi connectivity index (χ1v) is 6.89. The van der Waals surface area contributed by atoms with Crippen molar-refractivity contribution in [2.45, 2.75) is 13.3 Å². The van der Waals surface area contributed by atoms with E-state index in [1.807, 2.05) is 25.9 Å². The van der Waals surface area contributed by atoms with Gasteiger partial charge in [-0.15, -0.1) is 0 Å². The summed E-state index contributed by atoms with van der Waals surface area (Å²) in [4.78, 5) is 20.3.